The van der Waals surface area contributed by atoms with Crippen LogP contribution < -0.4 is 0 Å². The molecule has 0 amide bonds. The molecule has 0 saturated heterocycles. The maximum atomic E-state index is 12.5. The number of fused-ring (bicyclic) bond motifs is 1. The lowest BCUT2D eigenvalue weighted by atomic mass is 10.3. The lowest BCUT2D eigenvalue weighted by Gasteiger charge is -2.11. The zero-order valence-corrected chi connectivity index (χ0v) is 18.9. The smallest absolute Gasteiger partial charge is 0.242 e. The zero-order chi connectivity index (χ0) is 21.0. The fourth-order valence-corrected chi connectivity index (χ4v) is 4.70. The number of hydrogen-bond donors (Lipinski definition) is 0. The number of aryl methyl sites for hydroxylation is 2. The third-order valence-corrected chi connectivity index (χ3v) is 7.28. The van der Waals surface area contributed by atoms with E-state index in [-0.39, 0.29) is 4.90 Å². The average Bonchev–Trinajstić information content (AvgIpc) is 3.28. The van der Waals surface area contributed by atoms with Crippen LogP contribution in [0.15, 0.2) is 32.8 Å². The summed E-state index contributed by atoms with van der Waals surface area (Å²) in [6, 6.07) is 5.12. The highest BCUT2D eigenvalue weighted by molar-refractivity contribution is 7.98. The summed E-state index contributed by atoms with van der Waals surface area (Å²) >= 11 is 1.52. The lowest BCUT2D eigenvalue weighted by molar-refractivity contribution is 0.384. The zero-order valence-electron chi connectivity index (χ0n) is 17.3. The summed E-state index contributed by atoms with van der Waals surface area (Å²) in [5, 5.41) is 4.81. The van der Waals surface area contributed by atoms with Crippen LogP contribution in [0.5, 0.6) is 0 Å². The number of aromatic nitrogens is 4. The molecule has 0 bridgehead atoms. The van der Waals surface area contributed by atoms with E-state index in [1.54, 1.807) is 12.1 Å². The molecule has 29 heavy (non-hydrogen) atoms. The van der Waals surface area contributed by atoms with Gasteiger partial charge in [-0.15, -0.1) is 0 Å². The third kappa shape index (κ3) is 4.81. The first-order valence-corrected chi connectivity index (χ1v) is 12.2. The van der Waals surface area contributed by atoms with E-state index in [9.17, 15) is 8.42 Å². The molecule has 1 aromatic carbocycles. The fraction of sp³-hybridized carbons (Fsp3) is 0.526. The van der Waals surface area contributed by atoms with Crippen molar-refractivity contribution in [1.29, 1.82) is 0 Å². The van der Waals surface area contributed by atoms with Crippen molar-refractivity contribution < 1.29 is 12.9 Å². The second-order valence-electron chi connectivity index (χ2n) is 6.98. The molecule has 0 radical (unpaired) electrons. The number of imidazole rings is 1. The molecule has 0 atom stereocenters. The Kier molecular flexibility index (Phi) is 6.97. The topological polar surface area (TPSA) is 94.1 Å². The van der Waals surface area contributed by atoms with Gasteiger partial charge in [-0.2, -0.15) is 4.98 Å². The molecule has 2 heterocycles. The van der Waals surface area contributed by atoms with Gasteiger partial charge in [0.25, 0.3) is 0 Å². The van der Waals surface area contributed by atoms with E-state index in [1.165, 1.54) is 30.2 Å². The highest BCUT2D eigenvalue weighted by Crippen LogP contribution is 2.29. The molecule has 0 spiro atoms. The van der Waals surface area contributed by atoms with E-state index in [2.05, 4.69) is 28.6 Å². The number of hydrogen-bond acceptors (Lipinski definition) is 7. The van der Waals surface area contributed by atoms with Crippen LogP contribution in [0.2, 0.25) is 0 Å². The molecule has 0 unspecified atom stereocenters. The van der Waals surface area contributed by atoms with Crippen molar-refractivity contribution >= 4 is 32.8 Å². The van der Waals surface area contributed by atoms with Crippen molar-refractivity contribution in [3.8, 4) is 0 Å². The van der Waals surface area contributed by atoms with Crippen LogP contribution in [-0.2, 0) is 28.7 Å². The molecule has 3 rings (SSSR count). The number of unbranched alkanes of at least 4 members (excludes halogenated alkanes) is 1. The highest BCUT2D eigenvalue weighted by atomic mass is 32.2. The molecule has 2 aromatic heterocycles. The van der Waals surface area contributed by atoms with E-state index in [0.717, 1.165) is 48.7 Å². The summed E-state index contributed by atoms with van der Waals surface area (Å²) < 4.78 is 33.6. The van der Waals surface area contributed by atoms with Crippen molar-refractivity contribution in [1.82, 2.24) is 24.0 Å². The molecule has 158 valence electrons. The first-order valence-electron chi connectivity index (χ1n) is 9.73. The second-order valence-corrected chi connectivity index (χ2v) is 10.1. The van der Waals surface area contributed by atoms with E-state index < -0.39 is 10.0 Å². The minimum atomic E-state index is -3.50. The summed E-state index contributed by atoms with van der Waals surface area (Å²) in [6.07, 6.45) is 3.84. The standard InChI is InChI=1S/C19H27N5O3S2/c1-5-7-11-24-16-10-9-14(29(25,26)23(3)4)12-15(16)20-19(24)28-13-18-21-17(8-6-2)22-27-18/h9-10,12H,5-8,11,13H2,1-4H3. The molecule has 0 fully saturated rings. The van der Waals surface area contributed by atoms with Gasteiger partial charge in [0.2, 0.25) is 15.9 Å². The summed E-state index contributed by atoms with van der Waals surface area (Å²) in [4.78, 5) is 9.36. The van der Waals surface area contributed by atoms with Crippen LogP contribution in [0, 0.1) is 0 Å². The van der Waals surface area contributed by atoms with Gasteiger partial charge in [-0.1, -0.05) is 37.2 Å². The average molecular weight is 438 g/mol. The Morgan fingerprint density at radius 3 is 2.66 bits per heavy atom. The van der Waals surface area contributed by atoms with Crippen LogP contribution in [0.4, 0.5) is 0 Å². The molecule has 3 aromatic rings. The maximum absolute atomic E-state index is 12.5. The quantitative estimate of drug-likeness (QED) is 0.446. The van der Waals surface area contributed by atoms with Crippen LogP contribution >= 0.6 is 11.8 Å². The van der Waals surface area contributed by atoms with Crippen LogP contribution in [0.1, 0.15) is 44.8 Å². The molecule has 10 heteroatoms. The second kappa shape index (κ2) is 9.27. The molecule has 0 saturated carbocycles. The van der Waals surface area contributed by atoms with Gasteiger partial charge in [-0.25, -0.2) is 17.7 Å². The Morgan fingerprint density at radius 1 is 1.17 bits per heavy atom. The Labute approximate surface area is 175 Å². The largest absolute Gasteiger partial charge is 0.338 e. The number of benzene rings is 1. The van der Waals surface area contributed by atoms with Crippen LogP contribution in [0.3, 0.4) is 0 Å². The first-order chi connectivity index (χ1) is 13.9. The predicted molar refractivity (Wildman–Crippen MR) is 113 cm³/mol. The Bertz CT molecular complexity index is 1070. The van der Waals surface area contributed by atoms with Crippen molar-refractivity contribution in [2.45, 2.75) is 61.9 Å². The molecule has 0 aliphatic carbocycles. The van der Waals surface area contributed by atoms with Crippen LogP contribution in [-0.4, -0.2) is 46.5 Å². The highest BCUT2D eigenvalue weighted by Gasteiger charge is 2.20. The number of rotatable bonds is 10. The van der Waals surface area contributed by atoms with Gasteiger partial charge in [0, 0.05) is 27.1 Å². The van der Waals surface area contributed by atoms with Gasteiger partial charge in [-0.05, 0) is 31.0 Å². The maximum Gasteiger partial charge on any atom is 0.242 e. The lowest BCUT2D eigenvalue weighted by Crippen LogP contribution is -2.22. The van der Waals surface area contributed by atoms with E-state index in [0.29, 0.717) is 17.2 Å². The van der Waals surface area contributed by atoms with Gasteiger partial charge in [0.15, 0.2) is 11.0 Å². The summed E-state index contributed by atoms with van der Waals surface area (Å²) in [6.45, 7) is 5.03. The predicted octanol–water partition coefficient (Wildman–Crippen LogP) is 3.71. The molecule has 0 N–H and O–H groups in total. The van der Waals surface area contributed by atoms with Gasteiger partial charge in [0.05, 0.1) is 21.7 Å². The number of sulfonamides is 1. The van der Waals surface area contributed by atoms with Gasteiger partial charge in [0.1, 0.15) is 0 Å². The number of nitrogens with zero attached hydrogens (tertiary/aromatic N) is 5. The van der Waals surface area contributed by atoms with Crippen molar-refractivity contribution in [2.75, 3.05) is 14.1 Å². The molecule has 8 nitrogen and oxygen atoms in total. The minimum Gasteiger partial charge on any atom is -0.338 e. The molecular weight excluding hydrogens is 410 g/mol. The van der Waals surface area contributed by atoms with E-state index >= 15 is 0 Å². The Morgan fingerprint density at radius 2 is 1.97 bits per heavy atom. The van der Waals surface area contributed by atoms with Gasteiger partial charge < -0.3 is 9.09 Å². The summed E-state index contributed by atoms with van der Waals surface area (Å²) in [5.41, 5.74) is 1.60. The van der Waals surface area contributed by atoms with E-state index in [1.807, 2.05) is 6.07 Å². The Hall–Kier alpha value is -1.91. The fourth-order valence-electron chi connectivity index (χ4n) is 2.90. The Balaban J connectivity index is 1.91. The normalized spacial score (nSPS) is 12.3. The van der Waals surface area contributed by atoms with Crippen molar-refractivity contribution in [3.05, 3.63) is 29.9 Å². The molecule has 0 aliphatic heterocycles. The SMILES string of the molecule is CCCCn1c(SCc2nc(CCC)no2)nc2cc(S(=O)(=O)N(C)C)ccc21. The van der Waals surface area contributed by atoms with Crippen LogP contribution in [0.25, 0.3) is 11.0 Å². The van der Waals surface area contributed by atoms with E-state index in [4.69, 9.17) is 9.51 Å². The molecular formula is C19H27N5O3S2. The van der Waals surface area contributed by atoms with Crippen molar-refractivity contribution in [2.24, 2.45) is 0 Å². The van der Waals surface area contributed by atoms with Gasteiger partial charge >= 0.3 is 0 Å². The monoisotopic (exact) mass is 437 g/mol. The molecule has 0 aliphatic rings. The third-order valence-electron chi connectivity index (χ3n) is 4.51. The van der Waals surface area contributed by atoms with Crippen molar-refractivity contribution in [3.63, 3.8) is 0 Å². The van der Waals surface area contributed by atoms with Gasteiger partial charge in [-0.3, -0.25) is 0 Å². The first kappa shape index (κ1) is 21.8. The number of thioether (sulfide) groups is 1. The minimum absolute atomic E-state index is 0.243. The summed E-state index contributed by atoms with van der Waals surface area (Å²) in [7, 11) is -0.452. The summed E-state index contributed by atoms with van der Waals surface area (Å²) in [5.74, 6) is 1.82.